The second-order valence-electron chi connectivity index (χ2n) is 2.42. The van der Waals surface area contributed by atoms with Crippen LogP contribution in [0.3, 0.4) is 0 Å². The molecule has 0 aromatic rings. The van der Waals surface area contributed by atoms with Crippen LogP contribution in [0.2, 0.25) is 0 Å². The summed E-state index contributed by atoms with van der Waals surface area (Å²) in [5.41, 5.74) is -0.431. The van der Waals surface area contributed by atoms with Crippen molar-refractivity contribution in [3.05, 3.63) is 22.8 Å². The number of allylic oxidation sites excluding steroid dienone is 2. The predicted octanol–water partition coefficient (Wildman–Crippen LogP) is 0.523. The van der Waals surface area contributed by atoms with Crippen LogP contribution < -0.4 is 0 Å². The molecule has 0 aromatic heterocycles. The Labute approximate surface area is 84.8 Å². The van der Waals surface area contributed by atoms with E-state index in [9.17, 15) is 17.6 Å². The molecular weight excluding hydrogens is 235 g/mol. The highest BCUT2D eigenvalue weighted by Crippen LogP contribution is 2.22. The zero-order chi connectivity index (χ0) is 10.9. The minimum absolute atomic E-state index is 0.306. The number of carbonyl (C=O) groups is 1. The van der Waals surface area contributed by atoms with E-state index in [0.717, 1.165) is 6.08 Å². The molecule has 1 aliphatic rings. The topological polar surface area (TPSA) is 71.4 Å². The number of alkyl halides is 1. The third-order valence-electron chi connectivity index (χ3n) is 1.53. The van der Waals surface area contributed by atoms with Crippen molar-refractivity contribution in [3.8, 4) is 0 Å². The summed E-state index contributed by atoms with van der Waals surface area (Å²) in [6.45, 7) is 0. The smallest absolute Gasteiger partial charge is 0.337 e. The number of aliphatic carboxylic acids is 1. The van der Waals surface area contributed by atoms with E-state index >= 15 is 0 Å². The fraction of sp³-hybridized carbons (Fsp3) is 0.143. The summed E-state index contributed by atoms with van der Waals surface area (Å²) in [5, 5.41) is 8.26. The van der Waals surface area contributed by atoms with E-state index in [2.05, 4.69) is 0 Å². The van der Waals surface area contributed by atoms with Gasteiger partial charge in [0, 0.05) is 0 Å². The Bertz CT molecular complexity index is 466. The van der Waals surface area contributed by atoms with Gasteiger partial charge in [-0.1, -0.05) is 11.6 Å². The van der Waals surface area contributed by atoms with Crippen molar-refractivity contribution in [2.75, 3.05) is 0 Å². The van der Waals surface area contributed by atoms with Gasteiger partial charge in [0.15, 0.2) is 6.17 Å². The van der Waals surface area contributed by atoms with E-state index in [1.807, 2.05) is 0 Å². The van der Waals surface area contributed by atoms with Gasteiger partial charge in [-0.05, 0) is 12.2 Å². The summed E-state index contributed by atoms with van der Waals surface area (Å²) in [6.07, 6.45) is -0.446. The first-order valence-electron chi connectivity index (χ1n) is 3.36. The number of carboxylic acid groups (broad SMARTS) is 1. The monoisotopic (exact) mass is 238 g/mol. The van der Waals surface area contributed by atoms with E-state index in [1.54, 1.807) is 0 Å². The van der Waals surface area contributed by atoms with Gasteiger partial charge in [0.2, 0.25) is 10.3 Å². The third kappa shape index (κ3) is 2.02. The van der Waals surface area contributed by atoms with Gasteiger partial charge in [-0.15, -0.1) is 0 Å². The molecule has 14 heavy (non-hydrogen) atoms. The molecule has 0 heterocycles. The summed E-state index contributed by atoms with van der Waals surface area (Å²) in [7, 11) is -2.79. The van der Waals surface area contributed by atoms with Crippen LogP contribution in [0.25, 0.3) is 0 Å². The second kappa shape index (κ2) is 3.93. The maximum Gasteiger partial charge on any atom is 0.337 e. The molecule has 1 atom stereocenters. The molecule has 0 amide bonds. The van der Waals surface area contributed by atoms with Crippen molar-refractivity contribution in [1.82, 2.24) is 0 Å². The number of hydrogen-bond acceptors (Lipinski definition) is 3. The minimum atomic E-state index is -2.79. The highest BCUT2D eigenvalue weighted by atomic mass is 35.5. The third-order valence-corrected chi connectivity index (χ3v) is 2.59. The molecule has 0 saturated heterocycles. The summed E-state index contributed by atoms with van der Waals surface area (Å²) < 4.78 is 33.9. The molecule has 0 aliphatic heterocycles. The average molecular weight is 239 g/mol. The standard InChI is InChI=1S/C7H4ClFO4S/c8-4-2-5(9)6(14(12)13)1-3(4)7(10)11/h1-2,5H,(H,10,11). The van der Waals surface area contributed by atoms with Gasteiger partial charge in [0.25, 0.3) is 0 Å². The molecule has 0 aromatic carbocycles. The van der Waals surface area contributed by atoms with Crippen LogP contribution >= 0.6 is 11.6 Å². The Kier molecular flexibility index (Phi) is 3.07. The zero-order valence-corrected chi connectivity index (χ0v) is 8.14. The van der Waals surface area contributed by atoms with Gasteiger partial charge in [-0.3, -0.25) is 0 Å². The van der Waals surface area contributed by atoms with Crippen molar-refractivity contribution >= 4 is 32.7 Å². The molecule has 1 N–H and O–H groups in total. The molecule has 0 bridgehead atoms. The maximum absolute atomic E-state index is 13.0. The van der Waals surface area contributed by atoms with Crippen LogP contribution in [-0.2, 0) is 15.1 Å². The largest absolute Gasteiger partial charge is 0.478 e. The molecule has 76 valence electrons. The van der Waals surface area contributed by atoms with E-state index in [-0.39, 0.29) is 5.03 Å². The fourth-order valence-electron chi connectivity index (χ4n) is 0.895. The SMILES string of the molecule is O=C(O)C1=CC(=S(=O)=O)C(F)C=C1Cl. The van der Waals surface area contributed by atoms with Gasteiger partial charge in [-0.2, -0.15) is 8.42 Å². The predicted molar refractivity (Wildman–Crippen MR) is 48.5 cm³/mol. The van der Waals surface area contributed by atoms with Crippen molar-refractivity contribution < 1.29 is 22.7 Å². The minimum Gasteiger partial charge on any atom is -0.478 e. The van der Waals surface area contributed by atoms with Crippen LogP contribution in [0.4, 0.5) is 4.39 Å². The van der Waals surface area contributed by atoms with Gasteiger partial charge in [0.1, 0.15) is 4.86 Å². The molecule has 4 nitrogen and oxygen atoms in total. The molecule has 1 rings (SSSR count). The lowest BCUT2D eigenvalue weighted by Crippen LogP contribution is -2.19. The van der Waals surface area contributed by atoms with Crippen LogP contribution in [0, 0.1) is 0 Å². The van der Waals surface area contributed by atoms with Crippen molar-refractivity contribution in [1.29, 1.82) is 0 Å². The summed E-state index contributed by atoms with van der Waals surface area (Å²) in [6, 6.07) is 0. The van der Waals surface area contributed by atoms with Gasteiger partial charge in [-0.25, -0.2) is 9.18 Å². The van der Waals surface area contributed by atoms with Crippen molar-refractivity contribution in [3.63, 3.8) is 0 Å². The number of hydrogen-bond donors (Lipinski definition) is 1. The Balaban J connectivity index is 3.35. The first kappa shape index (κ1) is 10.9. The molecule has 1 aliphatic carbocycles. The Morgan fingerprint density at radius 2 is 2.14 bits per heavy atom. The molecule has 0 spiro atoms. The average Bonchev–Trinajstić information content (AvgIpc) is 2.02. The normalized spacial score (nSPS) is 21.3. The van der Waals surface area contributed by atoms with Crippen LogP contribution in [0.1, 0.15) is 0 Å². The van der Waals surface area contributed by atoms with Crippen LogP contribution in [0.5, 0.6) is 0 Å². The Hall–Kier alpha value is -1.14. The van der Waals surface area contributed by atoms with Gasteiger partial charge in [0.05, 0.1) is 10.6 Å². The summed E-state index contributed by atoms with van der Waals surface area (Å²) in [5.74, 6) is -1.40. The quantitative estimate of drug-likeness (QED) is 0.676. The van der Waals surface area contributed by atoms with Crippen molar-refractivity contribution in [2.45, 2.75) is 6.17 Å². The Morgan fingerprint density at radius 3 is 2.57 bits per heavy atom. The molecule has 0 radical (unpaired) electrons. The first-order valence-corrected chi connectivity index (χ1v) is 4.81. The van der Waals surface area contributed by atoms with Gasteiger partial charge >= 0.3 is 5.97 Å². The highest BCUT2D eigenvalue weighted by Gasteiger charge is 2.24. The maximum atomic E-state index is 13.0. The lowest BCUT2D eigenvalue weighted by Gasteiger charge is -2.09. The Morgan fingerprint density at radius 1 is 1.57 bits per heavy atom. The van der Waals surface area contributed by atoms with E-state index < -0.39 is 32.9 Å². The summed E-state index contributed by atoms with van der Waals surface area (Å²) in [4.78, 5) is 9.88. The number of rotatable bonds is 1. The van der Waals surface area contributed by atoms with Crippen molar-refractivity contribution in [2.24, 2.45) is 0 Å². The highest BCUT2D eigenvalue weighted by molar-refractivity contribution is 7.73. The second-order valence-corrected chi connectivity index (χ2v) is 3.76. The van der Waals surface area contributed by atoms with Crippen LogP contribution in [-0.4, -0.2) is 30.5 Å². The summed E-state index contributed by atoms with van der Waals surface area (Å²) >= 11 is 5.40. The van der Waals surface area contributed by atoms with E-state index in [0.29, 0.717) is 6.08 Å². The zero-order valence-electron chi connectivity index (χ0n) is 6.57. The number of halogens is 2. The molecule has 0 fully saturated rings. The molecule has 0 saturated carbocycles. The first-order chi connectivity index (χ1) is 6.43. The van der Waals surface area contributed by atoms with E-state index in [4.69, 9.17) is 16.7 Å². The lowest BCUT2D eigenvalue weighted by atomic mass is 10.1. The number of carboxylic acids is 1. The van der Waals surface area contributed by atoms with Gasteiger partial charge < -0.3 is 5.11 Å². The van der Waals surface area contributed by atoms with E-state index in [1.165, 1.54) is 0 Å². The lowest BCUT2D eigenvalue weighted by molar-refractivity contribution is -0.132. The molecule has 7 heteroatoms. The van der Waals surface area contributed by atoms with Crippen LogP contribution in [0.15, 0.2) is 22.8 Å². The fourth-order valence-corrected chi connectivity index (χ4v) is 1.61. The molecule has 1 unspecified atom stereocenters. The molecular formula is C7H4ClFO4S.